The maximum atomic E-state index is 11.5. The van der Waals surface area contributed by atoms with E-state index in [0.717, 1.165) is 4.47 Å². The average molecular weight is 328 g/mol. The number of rotatable bonds is 3. The Balaban J connectivity index is 3.48. The molecule has 0 atom stereocenters. The number of ether oxygens (including phenoxy) is 1. The van der Waals surface area contributed by atoms with Crippen LogP contribution in [0.15, 0.2) is 22.7 Å². The van der Waals surface area contributed by atoms with Gasteiger partial charge in [0.15, 0.2) is 0 Å². The third-order valence-electron chi connectivity index (χ3n) is 2.42. The second-order valence-electron chi connectivity index (χ2n) is 3.79. The summed E-state index contributed by atoms with van der Waals surface area (Å²) in [7, 11) is 3.20. The Bertz CT molecular complexity index is 497. The zero-order chi connectivity index (χ0) is 12.6. The summed E-state index contributed by atoms with van der Waals surface area (Å²) in [4.78, 5) is 0. The van der Waals surface area contributed by atoms with E-state index in [1.54, 1.807) is 32.0 Å². The fourth-order valence-corrected chi connectivity index (χ4v) is 2.31. The molecule has 0 bridgehead atoms. The van der Waals surface area contributed by atoms with Gasteiger partial charge in [-0.05, 0) is 32.0 Å². The summed E-state index contributed by atoms with van der Waals surface area (Å²) in [6.07, 6.45) is 0. The van der Waals surface area contributed by atoms with Gasteiger partial charge in [0.05, 0.1) is 7.11 Å². The van der Waals surface area contributed by atoms with Crippen molar-refractivity contribution < 1.29 is 13.2 Å². The zero-order valence-electron chi connectivity index (χ0n) is 9.12. The van der Waals surface area contributed by atoms with Crippen molar-refractivity contribution in [1.29, 1.82) is 0 Å². The van der Waals surface area contributed by atoms with Crippen LogP contribution in [0.1, 0.15) is 19.4 Å². The molecule has 0 unspecified atom stereocenters. The molecule has 0 aromatic heterocycles. The van der Waals surface area contributed by atoms with Crippen molar-refractivity contribution >= 4 is 35.7 Å². The standard InChI is InChI=1S/C10H12BrClO3S/c1-10(2,16(12,13)14)8-6-7(11)4-5-9(8)15-3/h4-6H,1-3H3. The molecular formula is C10H12BrClO3S. The van der Waals surface area contributed by atoms with Crippen molar-refractivity contribution in [2.75, 3.05) is 7.11 Å². The van der Waals surface area contributed by atoms with E-state index in [1.165, 1.54) is 7.11 Å². The number of hydrogen-bond donors (Lipinski definition) is 0. The molecule has 90 valence electrons. The van der Waals surface area contributed by atoms with Gasteiger partial charge >= 0.3 is 0 Å². The quantitative estimate of drug-likeness (QED) is 0.800. The van der Waals surface area contributed by atoms with Gasteiger partial charge in [0.1, 0.15) is 10.5 Å². The van der Waals surface area contributed by atoms with Crippen molar-refractivity contribution in [1.82, 2.24) is 0 Å². The molecule has 0 amide bonds. The van der Waals surface area contributed by atoms with E-state index in [0.29, 0.717) is 11.3 Å². The Kier molecular flexibility index (Phi) is 3.92. The first kappa shape index (κ1) is 13.8. The Morgan fingerprint density at radius 3 is 2.38 bits per heavy atom. The second-order valence-corrected chi connectivity index (χ2v) is 7.82. The number of hydrogen-bond acceptors (Lipinski definition) is 3. The van der Waals surface area contributed by atoms with E-state index in [9.17, 15) is 8.42 Å². The van der Waals surface area contributed by atoms with Crippen LogP contribution in [0.5, 0.6) is 5.75 Å². The maximum absolute atomic E-state index is 11.5. The van der Waals surface area contributed by atoms with Gasteiger partial charge in [0.25, 0.3) is 0 Å². The molecule has 0 saturated heterocycles. The largest absolute Gasteiger partial charge is 0.496 e. The van der Waals surface area contributed by atoms with Crippen LogP contribution >= 0.6 is 26.6 Å². The lowest BCUT2D eigenvalue weighted by atomic mass is 10.0. The molecule has 0 aliphatic carbocycles. The molecule has 0 aliphatic rings. The van der Waals surface area contributed by atoms with Gasteiger partial charge in [-0.15, -0.1) is 0 Å². The van der Waals surface area contributed by atoms with Crippen molar-refractivity contribution in [2.24, 2.45) is 0 Å². The van der Waals surface area contributed by atoms with E-state index in [-0.39, 0.29) is 0 Å². The predicted octanol–water partition coefficient (Wildman–Crippen LogP) is 3.26. The van der Waals surface area contributed by atoms with Crippen LogP contribution in [-0.2, 0) is 13.8 Å². The number of halogens is 2. The fourth-order valence-electron chi connectivity index (χ4n) is 1.28. The van der Waals surface area contributed by atoms with Gasteiger partial charge in [0.2, 0.25) is 9.05 Å². The van der Waals surface area contributed by atoms with Gasteiger partial charge in [0, 0.05) is 20.7 Å². The van der Waals surface area contributed by atoms with Crippen LogP contribution < -0.4 is 4.74 Å². The molecule has 6 heteroatoms. The van der Waals surface area contributed by atoms with Gasteiger partial charge in [-0.1, -0.05) is 15.9 Å². The Morgan fingerprint density at radius 1 is 1.38 bits per heavy atom. The molecule has 0 N–H and O–H groups in total. The molecule has 16 heavy (non-hydrogen) atoms. The topological polar surface area (TPSA) is 43.4 Å². The minimum absolute atomic E-state index is 0.498. The molecular weight excluding hydrogens is 316 g/mol. The van der Waals surface area contributed by atoms with E-state index in [4.69, 9.17) is 15.4 Å². The van der Waals surface area contributed by atoms with Crippen LogP contribution in [0.3, 0.4) is 0 Å². The van der Waals surface area contributed by atoms with E-state index in [1.807, 2.05) is 0 Å². The van der Waals surface area contributed by atoms with Gasteiger partial charge in [-0.2, -0.15) is 0 Å². The Morgan fingerprint density at radius 2 is 1.94 bits per heavy atom. The Labute approximate surface area is 108 Å². The van der Waals surface area contributed by atoms with Crippen LogP contribution in [-0.4, -0.2) is 15.5 Å². The monoisotopic (exact) mass is 326 g/mol. The fraction of sp³-hybridized carbons (Fsp3) is 0.400. The van der Waals surface area contributed by atoms with Crippen molar-refractivity contribution in [3.8, 4) is 5.75 Å². The lowest BCUT2D eigenvalue weighted by Gasteiger charge is -2.23. The highest BCUT2D eigenvalue weighted by molar-refractivity contribution is 9.10. The molecule has 0 aliphatic heterocycles. The molecule has 1 aromatic rings. The van der Waals surface area contributed by atoms with E-state index >= 15 is 0 Å². The molecule has 0 saturated carbocycles. The molecule has 0 fully saturated rings. The summed E-state index contributed by atoms with van der Waals surface area (Å²) in [6, 6.07) is 5.17. The minimum atomic E-state index is -3.73. The van der Waals surface area contributed by atoms with Crippen molar-refractivity contribution in [3.63, 3.8) is 0 Å². The summed E-state index contributed by atoms with van der Waals surface area (Å²) in [6.45, 7) is 3.08. The van der Waals surface area contributed by atoms with Crippen LogP contribution in [0.4, 0.5) is 0 Å². The van der Waals surface area contributed by atoms with Gasteiger partial charge in [-0.3, -0.25) is 0 Å². The minimum Gasteiger partial charge on any atom is -0.496 e. The molecule has 0 radical (unpaired) electrons. The Hall–Kier alpha value is -0.260. The van der Waals surface area contributed by atoms with Crippen molar-refractivity contribution in [2.45, 2.75) is 18.6 Å². The first-order valence-electron chi connectivity index (χ1n) is 4.48. The number of methoxy groups -OCH3 is 1. The molecule has 1 rings (SSSR count). The SMILES string of the molecule is COc1ccc(Br)cc1C(C)(C)S(=O)(=O)Cl. The highest BCUT2D eigenvalue weighted by atomic mass is 79.9. The van der Waals surface area contributed by atoms with Crippen LogP contribution in [0.2, 0.25) is 0 Å². The normalized spacial score (nSPS) is 12.6. The summed E-state index contributed by atoms with van der Waals surface area (Å²) < 4.78 is 27.8. The highest BCUT2D eigenvalue weighted by Crippen LogP contribution is 2.39. The van der Waals surface area contributed by atoms with Crippen molar-refractivity contribution in [3.05, 3.63) is 28.2 Å². The summed E-state index contributed by atoms with van der Waals surface area (Å²) in [5.41, 5.74) is 0.527. The predicted molar refractivity (Wildman–Crippen MR) is 68.5 cm³/mol. The summed E-state index contributed by atoms with van der Waals surface area (Å²) in [5.74, 6) is 0.498. The highest BCUT2D eigenvalue weighted by Gasteiger charge is 2.37. The molecule has 1 aromatic carbocycles. The molecule has 0 spiro atoms. The smallest absolute Gasteiger partial charge is 0.242 e. The van der Waals surface area contributed by atoms with E-state index in [2.05, 4.69) is 15.9 Å². The third-order valence-corrected chi connectivity index (χ3v) is 5.51. The maximum Gasteiger partial charge on any atom is 0.242 e. The second kappa shape index (κ2) is 4.55. The zero-order valence-corrected chi connectivity index (χ0v) is 12.3. The lowest BCUT2D eigenvalue weighted by molar-refractivity contribution is 0.404. The lowest BCUT2D eigenvalue weighted by Crippen LogP contribution is -2.25. The van der Waals surface area contributed by atoms with E-state index < -0.39 is 13.8 Å². The van der Waals surface area contributed by atoms with Gasteiger partial charge < -0.3 is 4.74 Å². The first-order chi connectivity index (χ1) is 7.20. The summed E-state index contributed by atoms with van der Waals surface area (Å²) in [5, 5.41) is 0. The molecule has 0 heterocycles. The average Bonchev–Trinajstić information content (AvgIpc) is 2.16. The van der Waals surface area contributed by atoms with Crippen LogP contribution in [0.25, 0.3) is 0 Å². The first-order valence-corrected chi connectivity index (χ1v) is 7.58. The van der Waals surface area contributed by atoms with Gasteiger partial charge in [-0.25, -0.2) is 8.42 Å². The van der Waals surface area contributed by atoms with Crippen LogP contribution in [0, 0.1) is 0 Å². The third kappa shape index (κ3) is 2.52. The summed E-state index contributed by atoms with van der Waals surface area (Å²) >= 11 is 3.29. The number of benzene rings is 1. The molecule has 3 nitrogen and oxygen atoms in total.